The minimum atomic E-state index is -3.18. The van der Waals surface area contributed by atoms with Crippen molar-refractivity contribution >= 4 is 21.4 Å². The molecule has 1 aromatic heterocycles. The lowest BCUT2D eigenvalue weighted by molar-refractivity contribution is -0.119. The van der Waals surface area contributed by atoms with Crippen LogP contribution in [0.3, 0.4) is 0 Å². The van der Waals surface area contributed by atoms with Crippen LogP contribution in [-0.2, 0) is 21.2 Å². The highest BCUT2D eigenvalue weighted by molar-refractivity contribution is 7.91. The normalized spacial score (nSPS) is 17.5. The molecule has 1 aliphatic heterocycles. The Kier molecular flexibility index (Phi) is 5.50. The van der Waals surface area contributed by atoms with Gasteiger partial charge in [-0.3, -0.25) is 9.59 Å². The fourth-order valence-corrected chi connectivity index (χ4v) is 5.36. The molecule has 1 unspecified atom stereocenters. The molecule has 30 heavy (non-hydrogen) atoms. The van der Waals surface area contributed by atoms with E-state index in [4.69, 9.17) is 0 Å². The van der Waals surface area contributed by atoms with E-state index in [0.717, 1.165) is 10.2 Å². The van der Waals surface area contributed by atoms with Gasteiger partial charge < -0.3 is 4.90 Å². The molecule has 0 bridgehead atoms. The first-order valence-corrected chi connectivity index (χ1v) is 11.5. The van der Waals surface area contributed by atoms with Crippen molar-refractivity contribution in [1.82, 2.24) is 9.78 Å². The minimum absolute atomic E-state index is 0.0516. The van der Waals surface area contributed by atoms with E-state index in [-0.39, 0.29) is 24.0 Å². The Labute approximate surface area is 174 Å². The molecule has 154 valence electrons. The second-order valence-electron chi connectivity index (χ2n) is 7.24. The Morgan fingerprint density at radius 1 is 1.00 bits per heavy atom. The van der Waals surface area contributed by atoms with E-state index in [1.54, 1.807) is 30.3 Å². The van der Waals surface area contributed by atoms with Crippen LogP contribution < -0.4 is 10.5 Å². The molecule has 1 fully saturated rings. The van der Waals surface area contributed by atoms with Crippen LogP contribution in [0.15, 0.2) is 77.6 Å². The van der Waals surface area contributed by atoms with Gasteiger partial charge in [-0.1, -0.05) is 48.5 Å². The summed E-state index contributed by atoms with van der Waals surface area (Å²) < 4.78 is 25.1. The fourth-order valence-electron chi connectivity index (χ4n) is 3.66. The van der Waals surface area contributed by atoms with Crippen molar-refractivity contribution in [3.8, 4) is 11.3 Å². The first kappa shape index (κ1) is 20.0. The average Bonchev–Trinajstić information content (AvgIpc) is 3.10. The summed E-state index contributed by atoms with van der Waals surface area (Å²) in [5, 5.41) is 4.35. The summed E-state index contributed by atoms with van der Waals surface area (Å²) in [6.45, 7) is -0.273. The van der Waals surface area contributed by atoms with Crippen LogP contribution >= 0.6 is 0 Å². The molecule has 1 saturated heterocycles. The van der Waals surface area contributed by atoms with Gasteiger partial charge in [0.1, 0.15) is 6.54 Å². The van der Waals surface area contributed by atoms with Gasteiger partial charge in [0, 0.05) is 17.3 Å². The molecule has 1 amide bonds. The maximum Gasteiger partial charge on any atom is 0.267 e. The van der Waals surface area contributed by atoms with Crippen LogP contribution in [0.4, 0.5) is 5.69 Å². The van der Waals surface area contributed by atoms with Gasteiger partial charge in [-0.2, -0.15) is 5.10 Å². The average molecular weight is 423 g/mol. The van der Waals surface area contributed by atoms with Crippen molar-refractivity contribution in [3.05, 3.63) is 83.2 Å². The van der Waals surface area contributed by atoms with Crippen LogP contribution in [0.1, 0.15) is 6.42 Å². The van der Waals surface area contributed by atoms with Crippen LogP contribution in [-0.4, -0.2) is 41.7 Å². The Balaban J connectivity index is 1.66. The highest BCUT2D eigenvalue weighted by atomic mass is 32.2. The van der Waals surface area contributed by atoms with Crippen LogP contribution in [0.5, 0.6) is 0 Å². The molecule has 0 aliphatic carbocycles. The van der Waals surface area contributed by atoms with Gasteiger partial charge in [0.2, 0.25) is 5.91 Å². The summed E-state index contributed by atoms with van der Waals surface area (Å²) in [7, 11) is -3.18. The van der Waals surface area contributed by atoms with Crippen LogP contribution in [0.2, 0.25) is 0 Å². The summed E-state index contributed by atoms with van der Waals surface area (Å²) in [6.07, 6.45) is 0.370. The molecular weight excluding hydrogens is 402 g/mol. The molecule has 0 spiro atoms. The van der Waals surface area contributed by atoms with E-state index in [2.05, 4.69) is 5.10 Å². The second-order valence-corrected chi connectivity index (χ2v) is 9.47. The lowest BCUT2D eigenvalue weighted by Gasteiger charge is -2.28. The Morgan fingerprint density at radius 2 is 1.67 bits per heavy atom. The Hall–Kier alpha value is -3.26. The maximum atomic E-state index is 13.2. The zero-order chi connectivity index (χ0) is 21.1. The number of hydrogen-bond acceptors (Lipinski definition) is 5. The third-order valence-electron chi connectivity index (χ3n) is 5.10. The molecule has 0 radical (unpaired) electrons. The number of benzene rings is 2. The number of nitrogens with zero attached hydrogens (tertiary/aromatic N) is 3. The highest BCUT2D eigenvalue weighted by Crippen LogP contribution is 2.25. The van der Waals surface area contributed by atoms with E-state index in [0.29, 0.717) is 17.8 Å². The molecule has 3 aromatic rings. The molecule has 4 rings (SSSR count). The number of rotatable bonds is 5. The topological polar surface area (TPSA) is 89.3 Å². The summed E-state index contributed by atoms with van der Waals surface area (Å²) in [4.78, 5) is 27.1. The number of anilines is 1. The molecule has 7 nitrogen and oxygen atoms in total. The van der Waals surface area contributed by atoms with Gasteiger partial charge in [0.05, 0.1) is 23.2 Å². The number of para-hydroxylation sites is 1. The van der Waals surface area contributed by atoms with Gasteiger partial charge in [-0.25, -0.2) is 13.1 Å². The van der Waals surface area contributed by atoms with E-state index in [9.17, 15) is 18.0 Å². The Bertz CT molecular complexity index is 1210. The number of carbonyl (C=O) groups is 1. The predicted molar refractivity (Wildman–Crippen MR) is 115 cm³/mol. The van der Waals surface area contributed by atoms with Gasteiger partial charge in [0.15, 0.2) is 9.84 Å². The largest absolute Gasteiger partial charge is 0.307 e. The van der Waals surface area contributed by atoms with Crippen molar-refractivity contribution in [2.75, 3.05) is 16.4 Å². The summed E-state index contributed by atoms with van der Waals surface area (Å²) in [5.41, 5.74) is 1.63. The van der Waals surface area contributed by atoms with E-state index < -0.39 is 21.4 Å². The van der Waals surface area contributed by atoms with Crippen molar-refractivity contribution in [3.63, 3.8) is 0 Å². The third kappa shape index (κ3) is 4.33. The zero-order valence-corrected chi connectivity index (χ0v) is 17.0. The van der Waals surface area contributed by atoms with E-state index >= 15 is 0 Å². The second kappa shape index (κ2) is 8.23. The molecule has 0 saturated carbocycles. The smallest absolute Gasteiger partial charge is 0.267 e. The number of amides is 1. The van der Waals surface area contributed by atoms with Gasteiger partial charge in [-0.05, 0) is 24.6 Å². The first-order chi connectivity index (χ1) is 14.4. The number of sulfone groups is 1. The van der Waals surface area contributed by atoms with E-state index in [1.165, 1.54) is 11.0 Å². The minimum Gasteiger partial charge on any atom is -0.307 e. The molecule has 2 heterocycles. The van der Waals surface area contributed by atoms with Gasteiger partial charge in [0.25, 0.3) is 5.56 Å². The SMILES string of the molecule is O=C(Cn1nc(-c2ccccc2)ccc1=O)N(c1ccccc1)C1CCS(=O)(=O)C1. The number of carbonyl (C=O) groups excluding carboxylic acids is 1. The molecule has 8 heteroatoms. The lowest BCUT2D eigenvalue weighted by atomic mass is 10.1. The van der Waals surface area contributed by atoms with Gasteiger partial charge in [-0.15, -0.1) is 0 Å². The maximum absolute atomic E-state index is 13.2. The van der Waals surface area contributed by atoms with Crippen molar-refractivity contribution in [1.29, 1.82) is 0 Å². The first-order valence-electron chi connectivity index (χ1n) is 9.64. The monoisotopic (exact) mass is 423 g/mol. The van der Waals surface area contributed by atoms with Crippen molar-refractivity contribution < 1.29 is 13.2 Å². The lowest BCUT2D eigenvalue weighted by Crippen LogP contribution is -2.44. The standard InChI is InChI=1S/C22H21N3O4S/c26-21-12-11-20(17-7-3-1-4-8-17)23-24(21)15-22(27)25(18-9-5-2-6-10-18)19-13-14-30(28,29)16-19/h1-12,19H,13-16H2. The van der Waals surface area contributed by atoms with Crippen molar-refractivity contribution in [2.45, 2.75) is 19.0 Å². The van der Waals surface area contributed by atoms with E-state index in [1.807, 2.05) is 36.4 Å². The third-order valence-corrected chi connectivity index (χ3v) is 6.85. The molecule has 2 aromatic carbocycles. The highest BCUT2D eigenvalue weighted by Gasteiger charge is 2.35. The molecule has 0 N–H and O–H groups in total. The molecule has 1 aliphatic rings. The van der Waals surface area contributed by atoms with Crippen LogP contribution in [0.25, 0.3) is 11.3 Å². The van der Waals surface area contributed by atoms with Gasteiger partial charge >= 0.3 is 0 Å². The number of aromatic nitrogens is 2. The predicted octanol–water partition coefficient (Wildman–Crippen LogP) is 2.13. The Morgan fingerprint density at radius 3 is 2.30 bits per heavy atom. The molecule has 1 atom stereocenters. The summed E-state index contributed by atoms with van der Waals surface area (Å²) in [5.74, 6) is -0.404. The quantitative estimate of drug-likeness (QED) is 0.627. The summed E-state index contributed by atoms with van der Waals surface area (Å²) >= 11 is 0. The van der Waals surface area contributed by atoms with Crippen molar-refractivity contribution in [2.24, 2.45) is 0 Å². The zero-order valence-electron chi connectivity index (χ0n) is 16.2. The fraction of sp³-hybridized carbons (Fsp3) is 0.227. The summed E-state index contributed by atoms with van der Waals surface area (Å²) in [6, 6.07) is 20.9. The molecular formula is C22H21N3O4S. The number of hydrogen-bond donors (Lipinski definition) is 0. The van der Waals surface area contributed by atoms with Crippen LogP contribution in [0, 0.1) is 0 Å².